The molecule has 1 aliphatic rings. The molecule has 1 aromatic heterocycles. The third-order valence-electron chi connectivity index (χ3n) is 3.82. The molecule has 1 saturated heterocycles. The number of piperidine rings is 1. The molecule has 21 heavy (non-hydrogen) atoms. The van der Waals surface area contributed by atoms with E-state index >= 15 is 0 Å². The summed E-state index contributed by atoms with van der Waals surface area (Å²) < 4.78 is 1.80. The van der Waals surface area contributed by atoms with Crippen LogP contribution in [-0.2, 0) is 17.9 Å². The van der Waals surface area contributed by atoms with E-state index in [-0.39, 0.29) is 17.6 Å². The molecular weight excluding hydrogens is 272 g/mol. The summed E-state index contributed by atoms with van der Waals surface area (Å²) in [7, 11) is 0. The van der Waals surface area contributed by atoms with Gasteiger partial charge in [-0.05, 0) is 32.4 Å². The van der Waals surface area contributed by atoms with Crippen molar-refractivity contribution in [2.24, 2.45) is 0 Å². The van der Waals surface area contributed by atoms with E-state index in [1.165, 1.54) is 31.5 Å². The Hall–Kier alpha value is -1.82. The summed E-state index contributed by atoms with van der Waals surface area (Å²) in [6.07, 6.45) is 5.56. The van der Waals surface area contributed by atoms with Crippen molar-refractivity contribution in [1.29, 1.82) is 0 Å². The van der Waals surface area contributed by atoms with Gasteiger partial charge < -0.3 is 14.8 Å². The average Bonchev–Trinajstić information content (AvgIpc) is 2.45. The number of likely N-dealkylation sites (tertiary alicyclic amines) is 1. The van der Waals surface area contributed by atoms with Gasteiger partial charge in [-0.15, -0.1) is 0 Å². The summed E-state index contributed by atoms with van der Waals surface area (Å²) in [6.45, 7) is 3.19. The molecule has 1 aromatic rings. The van der Waals surface area contributed by atoms with Gasteiger partial charge in [0, 0.05) is 31.3 Å². The van der Waals surface area contributed by atoms with Gasteiger partial charge in [0.15, 0.2) is 5.75 Å². The molecule has 0 amide bonds. The Bertz CT molecular complexity index is 547. The van der Waals surface area contributed by atoms with Gasteiger partial charge in [0.05, 0.1) is 6.20 Å². The Kier molecular flexibility index (Phi) is 5.38. The monoisotopic (exact) mass is 294 g/mol. The maximum Gasteiger partial charge on any atom is 0.303 e. The van der Waals surface area contributed by atoms with Crippen LogP contribution in [0.2, 0.25) is 0 Å². The first-order chi connectivity index (χ1) is 10.1. The number of nitrogens with zero attached hydrogens (tertiary/aromatic N) is 2. The quantitative estimate of drug-likeness (QED) is 0.829. The van der Waals surface area contributed by atoms with Crippen LogP contribution < -0.4 is 5.43 Å². The van der Waals surface area contributed by atoms with Gasteiger partial charge in [0.25, 0.3) is 0 Å². The fourth-order valence-corrected chi connectivity index (χ4v) is 2.69. The highest BCUT2D eigenvalue weighted by Crippen LogP contribution is 2.14. The molecule has 0 atom stereocenters. The first-order valence-corrected chi connectivity index (χ1v) is 7.43. The molecule has 6 heteroatoms. The molecule has 0 aliphatic carbocycles. The van der Waals surface area contributed by atoms with Gasteiger partial charge in [-0.1, -0.05) is 6.42 Å². The zero-order valence-electron chi connectivity index (χ0n) is 12.1. The molecule has 2 heterocycles. The van der Waals surface area contributed by atoms with Crippen LogP contribution in [0.4, 0.5) is 0 Å². The SMILES string of the molecule is O=C(O)CCCn1cc(O)c(=O)cc1CN1CCCCC1. The van der Waals surface area contributed by atoms with Crippen molar-refractivity contribution in [3.63, 3.8) is 0 Å². The predicted octanol–water partition coefficient (Wildman–Crippen LogP) is 1.40. The molecule has 0 bridgehead atoms. The maximum absolute atomic E-state index is 11.6. The fourth-order valence-electron chi connectivity index (χ4n) is 2.69. The number of pyridine rings is 1. The number of carboxylic acid groups (broad SMARTS) is 1. The normalized spacial score (nSPS) is 16.0. The number of carboxylic acids is 1. The highest BCUT2D eigenvalue weighted by molar-refractivity contribution is 5.66. The molecule has 1 fully saturated rings. The number of hydrogen-bond donors (Lipinski definition) is 2. The first kappa shape index (κ1) is 15.6. The van der Waals surface area contributed by atoms with Crippen LogP contribution in [0, 0.1) is 0 Å². The Morgan fingerprint density at radius 1 is 1.24 bits per heavy atom. The first-order valence-electron chi connectivity index (χ1n) is 7.43. The second-order valence-corrected chi connectivity index (χ2v) is 5.54. The van der Waals surface area contributed by atoms with Crippen molar-refractivity contribution in [3.8, 4) is 5.75 Å². The molecule has 0 unspecified atom stereocenters. The molecule has 0 aromatic carbocycles. The van der Waals surface area contributed by atoms with Gasteiger partial charge in [-0.25, -0.2) is 0 Å². The number of aryl methyl sites for hydroxylation is 1. The summed E-state index contributed by atoms with van der Waals surface area (Å²) in [5.74, 6) is -1.12. The number of aromatic nitrogens is 1. The molecule has 0 radical (unpaired) electrons. The molecule has 6 nitrogen and oxygen atoms in total. The van der Waals surface area contributed by atoms with E-state index in [1.807, 2.05) is 0 Å². The van der Waals surface area contributed by atoms with Gasteiger partial charge in [-0.2, -0.15) is 0 Å². The van der Waals surface area contributed by atoms with Crippen LogP contribution in [0.5, 0.6) is 5.75 Å². The highest BCUT2D eigenvalue weighted by atomic mass is 16.4. The fraction of sp³-hybridized carbons (Fsp3) is 0.600. The summed E-state index contributed by atoms with van der Waals surface area (Å²) in [5, 5.41) is 18.3. The Morgan fingerprint density at radius 2 is 1.95 bits per heavy atom. The topological polar surface area (TPSA) is 82.8 Å². The average molecular weight is 294 g/mol. The predicted molar refractivity (Wildman–Crippen MR) is 78.4 cm³/mol. The van der Waals surface area contributed by atoms with E-state index in [0.717, 1.165) is 18.8 Å². The van der Waals surface area contributed by atoms with Crippen molar-refractivity contribution in [2.45, 2.75) is 45.2 Å². The number of carbonyl (C=O) groups is 1. The van der Waals surface area contributed by atoms with E-state index in [0.29, 0.717) is 19.5 Å². The van der Waals surface area contributed by atoms with Crippen LogP contribution in [0.1, 0.15) is 37.8 Å². The minimum absolute atomic E-state index is 0.0794. The summed E-state index contributed by atoms with van der Waals surface area (Å²) >= 11 is 0. The highest BCUT2D eigenvalue weighted by Gasteiger charge is 2.14. The van der Waals surface area contributed by atoms with Crippen LogP contribution in [-0.4, -0.2) is 38.7 Å². The van der Waals surface area contributed by atoms with E-state index in [2.05, 4.69) is 4.90 Å². The number of aliphatic carboxylic acids is 1. The van der Waals surface area contributed by atoms with Crippen molar-refractivity contribution < 1.29 is 15.0 Å². The van der Waals surface area contributed by atoms with Gasteiger partial charge in [-0.3, -0.25) is 14.5 Å². The second-order valence-electron chi connectivity index (χ2n) is 5.54. The lowest BCUT2D eigenvalue weighted by Crippen LogP contribution is -2.31. The molecule has 1 aliphatic heterocycles. The zero-order valence-corrected chi connectivity index (χ0v) is 12.1. The summed E-state index contributed by atoms with van der Waals surface area (Å²) in [6, 6.07) is 1.46. The molecule has 116 valence electrons. The summed E-state index contributed by atoms with van der Waals surface area (Å²) in [5.41, 5.74) is 0.460. The Balaban J connectivity index is 2.10. The van der Waals surface area contributed by atoms with E-state index in [1.54, 1.807) is 4.57 Å². The van der Waals surface area contributed by atoms with Crippen LogP contribution in [0.25, 0.3) is 0 Å². The lowest BCUT2D eigenvalue weighted by Gasteiger charge is -2.27. The smallest absolute Gasteiger partial charge is 0.303 e. The largest absolute Gasteiger partial charge is 0.503 e. The minimum atomic E-state index is -0.835. The molecular formula is C15H22N2O4. The lowest BCUT2D eigenvalue weighted by molar-refractivity contribution is -0.137. The molecule has 2 rings (SSSR count). The van der Waals surface area contributed by atoms with Crippen LogP contribution in [0.3, 0.4) is 0 Å². The van der Waals surface area contributed by atoms with Gasteiger partial charge in [0.2, 0.25) is 5.43 Å². The molecule has 0 spiro atoms. The third-order valence-corrected chi connectivity index (χ3v) is 3.82. The molecule has 2 N–H and O–H groups in total. The zero-order chi connectivity index (χ0) is 15.2. The van der Waals surface area contributed by atoms with Gasteiger partial charge in [0.1, 0.15) is 0 Å². The number of hydrogen-bond acceptors (Lipinski definition) is 4. The number of aromatic hydroxyl groups is 1. The lowest BCUT2D eigenvalue weighted by atomic mass is 10.1. The second kappa shape index (κ2) is 7.26. The van der Waals surface area contributed by atoms with Crippen molar-refractivity contribution in [2.75, 3.05) is 13.1 Å². The van der Waals surface area contributed by atoms with E-state index < -0.39 is 5.97 Å². The molecule has 0 saturated carbocycles. The third kappa shape index (κ3) is 4.60. The van der Waals surface area contributed by atoms with Crippen molar-refractivity contribution >= 4 is 5.97 Å². The Labute approximate surface area is 123 Å². The maximum atomic E-state index is 11.6. The van der Waals surface area contributed by atoms with E-state index in [4.69, 9.17) is 5.11 Å². The van der Waals surface area contributed by atoms with E-state index in [9.17, 15) is 14.7 Å². The van der Waals surface area contributed by atoms with Crippen molar-refractivity contribution in [3.05, 3.63) is 28.2 Å². The summed E-state index contributed by atoms with van der Waals surface area (Å²) in [4.78, 5) is 24.5. The van der Waals surface area contributed by atoms with Crippen LogP contribution in [0.15, 0.2) is 17.1 Å². The van der Waals surface area contributed by atoms with Crippen molar-refractivity contribution in [1.82, 2.24) is 9.47 Å². The minimum Gasteiger partial charge on any atom is -0.503 e. The Morgan fingerprint density at radius 3 is 2.62 bits per heavy atom. The van der Waals surface area contributed by atoms with Gasteiger partial charge >= 0.3 is 5.97 Å². The number of rotatable bonds is 6. The van der Waals surface area contributed by atoms with Crippen LogP contribution >= 0.6 is 0 Å². The standard InChI is InChI=1S/C15H22N2O4/c18-13-9-12(10-16-6-2-1-3-7-16)17(11-14(13)19)8-4-5-15(20)21/h9,11,19H,1-8,10H2,(H,20,21).